The first-order chi connectivity index (χ1) is 9.69. The standard InChI is InChI=1S/C13H19NO5S/c1-18-12(16)4-5-14(6-8-19-9-7-15)13(17)11-3-2-10-20-11/h2-3,10,15H,4-9H2,1H3. The molecule has 0 aliphatic carbocycles. The maximum Gasteiger partial charge on any atom is 0.307 e. The van der Waals surface area contributed by atoms with Crippen LogP contribution in [0, 0.1) is 0 Å². The number of carbonyl (C=O) groups is 2. The lowest BCUT2D eigenvalue weighted by molar-refractivity contribution is -0.140. The van der Waals surface area contributed by atoms with E-state index in [9.17, 15) is 9.59 Å². The molecule has 0 unspecified atom stereocenters. The van der Waals surface area contributed by atoms with Gasteiger partial charge in [0.15, 0.2) is 0 Å². The molecule has 1 aromatic heterocycles. The van der Waals surface area contributed by atoms with Crippen LogP contribution in [-0.4, -0.2) is 61.9 Å². The fraction of sp³-hybridized carbons (Fsp3) is 0.538. The van der Waals surface area contributed by atoms with E-state index < -0.39 is 0 Å². The number of amides is 1. The van der Waals surface area contributed by atoms with E-state index in [4.69, 9.17) is 9.84 Å². The zero-order valence-electron chi connectivity index (χ0n) is 11.4. The van der Waals surface area contributed by atoms with Gasteiger partial charge in [0.1, 0.15) is 0 Å². The van der Waals surface area contributed by atoms with Crippen molar-refractivity contribution in [2.45, 2.75) is 6.42 Å². The van der Waals surface area contributed by atoms with Crippen molar-refractivity contribution < 1.29 is 24.2 Å². The summed E-state index contributed by atoms with van der Waals surface area (Å²) >= 11 is 1.35. The SMILES string of the molecule is COC(=O)CCN(CCOCCO)C(=O)c1cccs1. The van der Waals surface area contributed by atoms with Crippen molar-refractivity contribution >= 4 is 23.2 Å². The smallest absolute Gasteiger partial charge is 0.307 e. The van der Waals surface area contributed by atoms with Crippen LogP contribution in [0.2, 0.25) is 0 Å². The number of thiophene rings is 1. The van der Waals surface area contributed by atoms with E-state index in [1.807, 2.05) is 5.38 Å². The zero-order valence-corrected chi connectivity index (χ0v) is 12.2. The first-order valence-electron chi connectivity index (χ1n) is 6.27. The quantitative estimate of drug-likeness (QED) is 0.538. The van der Waals surface area contributed by atoms with Crippen LogP contribution in [0.5, 0.6) is 0 Å². The van der Waals surface area contributed by atoms with Crippen LogP contribution >= 0.6 is 11.3 Å². The van der Waals surface area contributed by atoms with Crippen LogP contribution in [-0.2, 0) is 14.3 Å². The van der Waals surface area contributed by atoms with Crippen LogP contribution in [0.1, 0.15) is 16.1 Å². The summed E-state index contributed by atoms with van der Waals surface area (Å²) in [4.78, 5) is 25.6. The largest absolute Gasteiger partial charge is 0.469 e. The van der Waals surface area contributed by atoms with Crippen molar-refractivity contribution in [2.24, 2.45) is 0 Å². The molecule has 1 N–H and O–H groups in total. The molecule has 0 spiro atoms. The third-order valence-corrected chi connectivity index (χ3v) is 3.43. The molecule has 1 aromatic rings. The maximum absolute atomic E-state index is 12.2. The predicted octanol–water partition coefficient (Wildman–Crippen LogP) is 0.762. The van der Waals surface area contributed by atoms with E-state index in [-0.39, 0.29) is 38.1 Å². The second-order valence-electron chi connectivity index (χ2n) is 3.93. The van der Waals surface area contributed by atoms with Gasteiger partial charge in [-0.1, -0.05) is 6.07 Å². The summed E-state index contributed by atoms with van der Waals surface area (Å²) in [6, 6.07) is 3.55. The molecule has 0 aliphatic rings. The summed E-state index contributed by atoms with van der Waals surface area (Å²) in [6.45, 7) is 1.15. The lowest BCUT2D eigenvalue weighted by Gasteiger charge is -2.21. The van der Waals surface area contributed by atoms with Crippen molar-refractivity contribution in [3.63, 3.8) is 0 Å². The highest BCUT2D eigenvalue weighted by molar-refractivity contribution is 7.12. The Hall–Kier alpha value is -1.44. The molecule has 6 nitrogen and oxygen atoms in total. The molecule has 112 valence electrons. The Labute approximate surface area is 121 Å². The molecule has 0 aromatic carbocycles. The molecule has 0 saturated heterocycles. The molecule has 7 heteroatoms. The number of aliphatic hydroxyl groups is 1. The molecule has 0 saturated carbocycles. The Kier molecular flexibility index (Phi) is 7.86. The number of esters is 1. The van der Waals surface area contributed by atoms with Crippen molar-refractivity contribution in [2.75, 3.05) is 40.0 Å². The van der Waals surface area contributed by atoms with Gasteiger partial charge in [-0.05, 0) is 11.4 Å². The summed E-state index contributed by atoms with van der Waals surface area (Å²) in [5.74, 6) is -0.484. The highest BCUT2D eigenvalue weighted by Crippen LogP contribution is 2.12. The van der Waals surface area contributed by atoms with Gasteiger partial charge in [0.05, 0.1) is 38.2 Å². The van der Waals surface area contributed by atoms with Gasteiger partial charge in [0, 0.05) is 13.1 Å². The second-order valence-corrected chi connectivity index (χ2v) is 4.88. The van der Waals surface area contributed by atoms with Gasteiger partial charge in [0.25, 0.3) is 5.91 Å². The number of carbonyl (C=O) groups excluding carboxylic acids is 2. The molecule has 0 bridgehead atoms. The first-order valence-corrected chi connectivity index (χ1v) is 7.15. The van der Waals surface area contributed by atoms with E-state index in [1.54, 1.807) is 17.0 Å². The van der Waals surface area contributed by atoms with E-state index in [2.05, 4.69) is 4.74 Å². The van der Waals surface area contributed by atoms with Crippen molar-refractivity contribution in [1.82, 2.24) is 4.90 Å². The van der Waals surface area contributed by atoms with Gasteiger partial charge in [-0.3, -0.25) is 9.59 Å². The molecule has 1 rings (SSSR count). The normalized spacial score (nSPS) is 10.3. The molecular formula is C13H19NO5S. The molecule has 0 atom stereocenters. The molecule has 0 fully saturated rings. The van der Waals surface area contributed by atoms with Crippen LogP contribution in [0.15, 0.2) is 17.5 Å². The maximum atomic E-state index is 12.2. The lowest BCUT2D eigenvalue weighted by atomic mass is 10.3. The number of hydrogen-bond acceptors (Lipinski definition) is 6. The van der Waals surface area contributed by atoms with Gasteiger partial charge in [-0.15, -0.1) is 11.3 Å². The zero-order chi connectivity index (χ0) is 14.8. The predicted molar refractivity (Wildman–Crippen MR) is 74.8 cm³/mol. The summed E-state index contributed by atoms with van der Waals surface area (Å²) in [7, 11) is 1.32. The minimum Gasteiger partial charge on any atom is -0.469 e. The van der Waals surface area contributed by atoms with Crippen LogP contribution < -0.4 is 0 Å². The van der Waals surface area contributed by atoms with Gasteiger partial charge in [-0.2, -0.15) is 0 Å². The van der Waals surface area contributed by atoms with E-state index >= 15 is 0 Å². The topological polar surface area (TPSA) is 76.1 Å². The average Bonchev–Trinajstić information content (AvgIpc) is 2.99. The summed E-state index contributed by atoms with van der Waals surface area (Å²) in [6.07, 6.45) is 0.146. The van der Waals surface area contributed by atoms with Crippen LogP contribution in [0.4, 0.5) is 0 Å². The van der Waals surface area contributed by atoms with E-state index in [0.717, 1.165) is 0 Å². The number of rotatable bonds is 9. The monoisotopic (exact) mass is 301 g/mol. The fourth-order valence-corrected chi connectivity index (χ4v) is 2.23. The summed E-state index contributed by atoms with van der Waals surface area (Å²) < 4.78 is 9.73. The van der Waals surface area contributed by atoms with Gasteiger partial charge < -0.3 is 19.5 Å². The van der Waals surface area contributed by atoms with Gasteiger partial charge in [-0.25, -0.2) is 0 Å². The Balaban J connectivity index is 2.53. The molecule has 1 amide bonds. The number of methoxy groups -OCH3 is 1. The third-order valence-electron chi connectivity index (χ3n) is 2.57. The Morgan fingerprint density at radius 1 is 1.35 bits per heavy atom. The van der Waals surface area contributed by atoms with Gasteiger partial charge in [0.2, 0.25) is 0 Å². The lowest BCUT2D eigenvalue weighted by Crippen LogP contribution is -2.35. The highest BCUT2D eigenvalue weighted by atomic mass is 32.1. The summed E-state index contributed by atoms with van der Waals surface area (Å²) in [5.41, 5.74) is 0. The molecule has 0 radical (unpaired) electrons. The van der Waals surface area contributed by atoms with Crippen LogP contribution in [0.25, 0.3) is 0 Å². The third kappa shape index (κ3) is 5.68. The molecule has 1 heterocycles. The van der Waals surface area contributed by atoms with Crippen molar-refractivity contribution in [3.8, 4) is 0 Å². The van der Waals surface area contributed by atoms with Gasteiger partial charge >= 0.3 is 5.97 Å². The fourth-order valence-electron chi connectivity index (χ4n) is 1.54. The van der Waals surface area contributed by atoms with Crippen LogP contribution in [0.3, 0.4) is 0 Å². The van der Waals surface area contributed by atoms with Crippen molar-refractivity contribution in [1.29, 1.82) is 0 Å². The molecule has 20 heavy (non-hydrogen) atoms. The number of aliphatic hydroxyl groups excluding tert-OH is 1. The minimum absolute atomic E-state index is 0.0545. The van der Waals surface area contributed by atoms with E-state index in [0.29, 0.717) is 18.0 Å². The Bertz CT molecular complexity index is 407. The Morgan fingerprint density at radius 3 is 2.75 bits per heavy atom. The molecular weight excluding hydrogens is 282 g/mol. The number of ether oxygens (including phenoxy) is 2. The first kappa shape index (κ1) is 16.6. The summed E-state index contributed by atoms with van der Waals surface area (Å²) in [5, 5.41) is 10.5. The second kappa shape index (κ2) is 9.46. The number of nitrogens with zero attached hydrogens (tertiary/aromatic N) is 1. The Morgan fingerprint density at radius 2 is 2.15 bits per heavy atom. The average molecular weight is 301 g/mol. The number of hydrogen-bond donors (Lipinski definition) is 1. The van der Waals surface area contributed by atoms with Crippen molar-refractivity contribution in [3.05, 3.63) is 22.4 Å². The highest BCUT2D eigenvalue weighted by Gasteiger charge is 2.17. The van der Waals surface area contributed by atoms with E-state index in [1.165, 1.54) is 18.4 Å². The molecule has 0 aliphatic heterocycles. The minimum atomic E-state index is -0.356.